The Morgan fingerprint density at radius 3 is 2.74 bits per heavy atom. The maximum atomic E-state index is 13.5. The first kappa shape index (κ1) is 13.5. The van der Waals surface area contributed by atoms with Gasteiger partial charge in [-0.1, -0.05) is 6.07 Å². The van der Waals surface area contributed by atoms with Crippen molar-refractivity contribution in [2.24, 2.45) is 0 Å². The number of aryl methyl sites for hydroxylation is 2. The highest BCUT2D eigenvalue weighted by atomic mass is 32.1. The van der Waals surface area contributed by atoms with Gasteiger partial charge >= 0.3 is 0 Å². The minimum absolute atomic E-state index is 0.0138. The Morgan fingerprint density at radius 2 is 2.16 bits per heavy atom. The van der Waals surface area contributed by atoms with E-state index in [1.165, 1.54) is 6.07 Å². The molecule has 19 heavy (non-hydrogen) atoms. The normalized spacial score (nSPS) is 11.9. The van der Waals surface area contributed by atoms with Crippen molar-refractivity contribution in [3.05, 3.63) is 45.2 Å². The first-order valence-corrected chi connectivity index (χ1v) is 6.73. The van der Waals surface area contributed by atoms with E-state index in [0.717, 1.165) is 15.6 Å². The molecule has 1 heterocycles. The number of thiazole rings is 1. The van der Waals surface area contributed by atoms with Gasteiger partial charge in [0.2, 0.25) is 0 Å². The van der Waals surface area contributed by atoms with E-state index in [-0.39, 0.29) is 11.6 Å². The fraction of sp³-hybridized carbons (Fsp3) is 0.286. The maximum absolute atomic E-state index is 13.5. The van der Waals surface area contributed by atoms with Crippen LogP contribution in [0.1, 0.15) is 34.1 Å². The minimum atomic E-state index is -0.503. The summed E-state index contributed by atoms with van der Waals surface area (Å²) in [4.78, 5) is 5.48. The lowest BCUT2D eigenvalue weighted by atomic mass is 10.1. The van der Waals surface area contributed by atoms with Crippen molar-refractivity contribution in [2.45, 2.75) is 26.8 Å². The zero-order chi connectivity index (χ0) is 14.0. The van der Waals surface area contributed by atoms with Gasteiger partial charge in [0.25, 0.3) is 0 Å². The summed E-state index contributed by atoms with van der Waals surface area (Å²) in [5.74, 6) is -0.503. The molecule has 0 saturated heterocycles. The highest BCUT2D eigenvalue weighted by Gasteiger charge is 2.15. The Morgan fingerprint density at radius 1 is 1.42 bits per heavy atom. The number of hydrogen-bond donors (Lipinski definition) is 1. The lowest BCUT2D eigenvalue weighted by Gasteiger charge is -2.15. The zero-order valence-corrected chi connectivity index (χ0v) is 11.8. The van der Waals surface area contributed by atoms with Crippen LogP contribution in [-0.2, 0) is 0 Å². The lowest BCUT2D eigenvalue weighted by molar-refractivity contribution is 0.624. The van der Waals surface area contributed by atoms with E-state index < -0.39 is 5.82 Å². The fourth-order valence-corrected chi connectivity index (χ4v) is 2.94. The number of benzene rings is 1. The summed E-state index contributed by atoms with van der Waals surface area (Å²) in [5.41, 5.74) is 1.53. The summed E-state index contributed by atoms with van der Waals surface area (Å²) in [6.07, 6.45) is 0. The van der Waals surface area contributed by atoms with Gasteiger partial charge in [0.1, 0.15) is 17.4 Å². The largest absolute Gasteiger partial charge is 0.376 e. The number of rotatable bonds is 3. The second-order valence-corrected chi connectivity index (χ2v) is 5.56. The van der Waals surface area contributed by atoms with Crippen LogP contribution in [0.5, 0.6) is 0 Å². The summed E-state index contributed by atoms with van der Waals surface area (Å²) in [5, 5.41) is 13.2. The summed E-state index contributed by atoms with van der Waals surface area (Å²) in [7, 11) is 0. The van der Waals surface area contributed by atoms with Gasteiger partial charge in [-0.25, -0.2) is 9.37 Å². The zero-order valence-electron chi connectivity index (χ0n) is 11.0. The van der Waals surface area contributed by atoms with Crippen molar-refractivity contribution in [3.8, 4) is 6.07 Å². The van der Waals surface area contributed by atoms with Crippen molar-refractivity contribution < 1.29 is 4.39 Å². The van der Waals surface area contributed by atoms with Crippen LogP contribution in [0.15, 0.2) is 18.2 Å². The van der Waals surface area contributed by atoms with Crippen LogP contribution < -0.4 is 5.32 Å². The third kappa shape index (κ3) is 2.74. The van der Waals surface area contributed by atoms with Gasteiger partial charge < -0.3 is 5.32 Å². The third-order valence-electron chi connectivity index (χ3n) is 2.83. The van der Waals surface area contributed by atoms with Gasteiger partial charge in [-0.3, -0.25) is 0 Å². The molecule has 98 valence electrons. The molecular formula is C14H14FN3S. The molecule has 0 aliphatic heterocycles. The highest BCUT2D eigenvalue weighted by Crippen LogP contribution is 2.29. The molecule has 5 heteroatoms. The molecule has 0 spiro atoms. The molecule has 1 N–H and O–H groups in total. The van der Waals surface area contributed by atoms with Crippen LogP contribution in [0.2, 0.25) is 0 Å². The molecule has 1 aromatic carbocycles. The molecule has 0 saturated carbocycles. The molecule has 0 aliphatic rings. The van der Waals surface area contributed by atoms with Crippen molar-refractivity contribution in [2.75, 3.05) is 5.32 Å². The Bertz CT molecular complexity index is 643. The Kier molecular flexibility index (Phi) is 3.82. The van der Waals surface area contributed by atoms with Crippen LogP contribution in [-0.4, -0.2) is 4.98 Å². The van der Waals surface area contributed by atoms with E-state index >= 15 is 0 Å². The molecular weight excluding hydrogens is 261 g/mol. The number of hydrogen-bond acceptors (Lipinski definition) is 4. The highest BCUT2D eigenvalue weighted by molar-refractivity contribution is 7.11. The standard InChI is InChI=1S/C14H14FN3S/c1-8-14(19-10(3)17-8)9(2)18-13-6-4-5-12(15)11(13)7-16/h4-6,9,18H,1-3H3. The van der Waals surface area contributed by atoms with Crippen LogP contribution >= 0.6 is 11.3 Å². The van der Waals surface area contributed by atoms with Crippen molar-refractivity contribution in [3.63, 3.8) is 0 Å². The Labute approximate surface area is 115 Å². The first-order valence-electron chi connectivity index (χ1n) is 5.92. The quantitative estimate of drug-likeness (QED) is 0.922. The van der Waals surface area contributed by atoms with Gasteiger partial charge in [0.15, 0.2) is 0 Å². The molecule has 1 aromatic heterocycles. The van der Waals surface area contributed by atoms with Crippen LogP contribution in [0.4, 0.5) is 10.1 Å². The van der Waals surface area contributed by atoms with Crippen molar-refractivity contribution in [1.82, 2.24) is 4.98 Å². The number of halogens is 1. The average molecular weight is 275 g/mol. The molecule has 2 aromatic rings. The Hall–Kier alpha value is -1.93. The topological polar surface area (TPSA) is 48.7 Å². The lowest BCUT2D eigenvalue weighted by Crippen LogP contribution is -2.08. The predicted molar refractivity (Wildman–Crippen MR) is 74.7 cm³/mol. The van der Waals surface area contributed by atoms with E-state index in [2.05, 4.69) is 10.3 Å². The summed E-state index contributed by atoms with van der Waals surface area (Å²) in [6.45, 7) is 5.89. The smallest absolute Gasteiger partial charge is 0.143 e. The third-order valence-corrected chi connectivity index (χ3v) is 4.09. The molecule has 0 fully saturated rings. The first-order chi connectivity index (χ1) is 9.02. The van der Waals surface area contributed by atoms with Crippen LogP contribution in [0.3, 0.4) is 0 Å². The van der Waals surface area contributed by atoms with Crippen molar-refractivity contribution >= 4 is 17.0 Å². The molecule has 2 rings (SSSR count). The van der Waals surface area contributed by atoms with Gasteiger partial charge in [-0.2, -0.15) is 5.26 Å². The molecule has 0 radical (unpaired) electrons. The molecule has 0 bridgehead atoms. The number of aromatic nitrogens is 1. The Balaban J connectivity index is 2.30. The van der Waals surface area contributed by atoms with E-state index in [9.17, 15) is 4.39 Å². The van der Waals surface area contributed by atoms with Gasteiger partial charge in [0, 0.05) is 4.88 Å². The number of nitrogens with zero attached hydrogens (tertiary/aromatic N) is 2. The van der Waals surface area contributed by atoms with Crippen LogP contribution in [0, 0.1) is 31.0 Å². The van der Waals surface area contributed by atoms with Gasteiger partial charge in [0.05, 0.1) is 22.4 Å². The molecule has 1 atom stereocenters. The van der Waals surface area contributed by atoms with Crippen LogP contribution in [0.25, 0.3) is 0 Å². The van der Waals surface area contributed by atoms with E-state index in [4.69, 9.17) is 5.26 Å². The molecule has 0 aliphatic carbocycles. The number of nitrogens with one attached hydrogen (secondary N) is 1. The monoisotopic (exact) mass is 275 g/mol. The van der Waals surface area contributed by atoms with Crippen molar-refractivity contribution in [1.29, 1.82) is 5.26 Å². The average Bonchev–Trinajstić information content (AvgIpc) is 2.69. The minimum Gasteiger partial charge on any atom is -0.376 e. The predicted octanol–water partition coefficient (Wildman–Crippen LogP) is 3.94. The number of nitriles is 1. The maximum Gasteiger partial charge on any atom is 0.143 e. The van der Waals surface area contributed by atoms with Gasteiger partial charge in [-0.05, 0) is 32.9 Å². The molecule has 3 nitrogen and oxygen atoms in total. The fourth-order valence-electron chi connectivity index (χ4n) is 2.01. The van der Waals surface area contributed by atoms with E-state index in [0.29, 0.717) is 5.69 Å². The SMILES string of the molecule is Cc1nc(C)c(C(C)Nc2cccc(F)c2C#N)s1. The molecule has 0 amide bonds. The van der Waals surface area contributed by atoms with E-state index in [1.54, 1.807) is 23.5 Å². The van der Waals surface area contributed by atoms with Gasteiger partial charge in [-0.15, -0.1) is 11.3 Å². The molecule has 1 unspecified atom stereocenters. The summed E-state index contributed by atoms with van der Waals surface area (Å²) < 4.78 is 13.5. The van der Waals surface area contributed by atoms with E-state index in [1.807, 2.05) is 26.8 Å². The summed E-state index contributed by atoms with van der Waals surface area (Å²) in [6, 6.07) is 6.47. The second-order valence-electron chi connectivity index (χ2n) is 4.32. The number of anilines is 1. The summed E-state index contributed by atoms with van der Waals surface area (Å²) >= 11 is 1.61. The second kappa shape index (κ2) is 5.37.